The van der Waals surface area contributed by atoms with Crippen molar-refractivity contribution in [1.29, 1.82) is 0 Å². The van der Waals surface area contributed by atoms with Crippen LogP contribution in [-0.4, -0.2) is 16.7 Å². The minimum atomic E-state index is -0.376. The zero-order valence-corrected chi connectivity index (χ0v) is 9.03. The molecule has 2 aromatic rings. The third-order valence-electron chi connectivity index (χ3n) is 2.29. The zero-order valence-electron chi connectivity index (χ0n) is 9.03. The van der Waals surface area contributed by atoms with Crippen LogP contribution in [0, 0.1) is 0 Å². The van der Waals surface area contributed by atoms with Crippen molar-refractivity contribution in [2.45, 2.75) is 13.8 Å². The molecule has 82 valence electrons. The number of carbonyl (C=O) groups excluding carboxylic acids is 2. The van der Waals surface area contributed by atoms with E-state index in [2.05, 4.69) is 4.98 Å². The number of hydrogen-bond donors (Lipinski definition) is 1. The van der Waals surface area contributed by atoms with Gasteiger partial charge in [0.2, 0.25) is 0 Å². The van der Waals surface area contributed by atoms with Gasteiger partial charge in [0.25, 0.3) is 0 Å². The predicted molar refractivity (Wildman–Crippen MR) is 59.6 cm³/mol. The first-order valence-electron chi connectivity index (χ1n) is 4.88. The molecule has 16 heavy (non-hydrogen) atoms. The van der Waals surface area contributed by atoms with Gasteiger partial charge in [-0.05, 0) is 25.1 Å². The van der Waals surface area contributed by atoms with Crippen molar-refractivity contribution in [2.75, 3.05) is 0 Å². The summed E-state index contributed by atoms with van der Waals surface area (Å²) in [6.07, 6.45) is 1.66. The van der Waals surface area contributed by atoms with Crippen LogP contribution in [0.1, 0.15) is 24.2 Å². The number of ketones is 1. The van der Waals surface area contributed by atoms with Crippen LogP contribution in [0.3, 0.4) is 0 Å². The smallest absolute Gasteiger partial charge is 0.308 e. The number of fused-ring (bicyclic) bond motifs is 1. The van der Waals surface area contributed by atoms with E-state index < -0.39 is 0 Å². The molecular formula is C12H11NO3. The van der Waals surface area contributed by atoms with E-state index >= 15 is 0 Å². The Hall–Kier alpha value is -2.10. The maximum atomic E-state index is 11.3. The molecule has 0 saturated heterocycles. The standard InChI is InChI=1S/C12H11NO3/c1-7(14)11-6-13-12-4-3-9(5-10(11)12)16-8(2)15/h3-6,13H,1-2H3. The molecule has 0 amide bonds. The van der Waals surface area contributed by atoms with Crippen molar-refractivity contribution in [1.82, 2.24) is 4.98 Å². The highest BCUT2D eigenvalue weighted by Gasteiger charge is 2.09. The summed E-state index contributed by atoms with van der Waals surface area (Å²) in [5.41, 5.74) is 1.45. The van der Waals surface area contributed by atoms with Gasteiger partial charge in [0.1, 0.15) is 5.75 Å². The van der Waals surface area contributed by atoms with Gasteiger partial charge >= 0.3 is 5.97 Å². The molecule has 0 spiro atoms. The first-order valence-corrected chi connectivity index (χ1v) is 4.88. The van der Waals surface area contributed by atoms with Gasteiger partial charge in [-0.2, -0.15) is 0 Å². The molecule has 2 rings (SSSR count). The molecule has 0 radical (unpaired) electrons. The first-order chi connectivity index (χ1) is 7.58. The normalized spacial score (nSPS) is 10.4. The van der Waals surface area contributed by atoms with Crippen molar-refractivity contribution < 1.29 is 14.3 Å². The number of H-pyrrole nitrogens is 1. The van der Waals surface area contributed by atoms with Crippen LogP contribution < -0.4 is 4.74 Å². The SMILES string of the molecule is CC(=O)Oc1ccc2[nH]cc(C(C)=O)c2c1. The number of Topliss-reactive ketones (excluding diaryl/α,β-unsaturated/α-hetero) is 1. The summed E-state index contributed by atoms with van der Waals surface area (Å²) in [5.74, 6) is 0.0487. The molecule has 1 aromatic heterocycles. The van der Waals surface area contributed by atoms with E-state index in [1.54, 1.807) is 24.4 Å². The summed E-state index contributed by atoms with van der Waals surface area (Å²) in [5, 5.41) is 0.770. The minimum absolute atomic E-state index is 0.0220. The average molecular weight is 217 g/mol. The number of rotatable bonds is 2. The van der Waals surface area contributed by atoms with Gasteiger partial charge in [-0.15, -0.1) is 0 Å². The fourth-order valence-electron chi connectivity index (χ4n) is 1.62. The third-order valence-corrected chi connectivity index (χ3v) is 2.29. The number of aromatic amines is 1. The Morgan fingerprint density at radius 1 is 1.25 bits per heavy atom. The molecule has 0 aliphatic carbocycles. The number of benzene rings is 1. The molecule has 0 atom stereocenters. The van der Waals surface area contributed by atoms with Gasteiger partial charge < -0.3 is 9.72 Å². The van der Waals surface area contributed by atoms with Gasteiger partial charge in [0.05, 0.1) is 0 Å². The summed E-state index contributed by atoms with van der Waals surface area (Å²) >= 11 is 0. The molecular weight excluding hydrogens is 206 g/mol. The zero-order chi connectivity index (χ0) is 11.7. The van der Waals surface area contributed by atoms with Gasteiger partial charge in [0.15, 0.2) is 5.78 Å². The Labute approximate surface area is 92.2 Å². The van der Waals surface area contributed by atoms with Crippen LogP contribution in [0.4, 0.5) is 0 Å². The van der Waals surface area contributed by atoms with E-state index in [1.165, 1.54) is 13.8 Å². The fourth-order valence-corrected chi connectivity index (χ4v) is 1.62. The highest BCUT2D eigenvalue weighted by Crippen LogP contribution is 2.24. The van der Waals surface area contributed by atoms with E-state index in [4.69, 9.17) is 4.74 Å². The highest BCUT2D eigenvalue weighted by atomic mass is 16.5. The summed E-state index contributed by atoms with van der Waals surface area (Å²) in [7, 11) is 0. The van der Waals surface area contributed by atoms with Crippen LogP contribution in [0.15, 0.2) is 24.4 Å². The number of hydrogen-bond acceptors (Lipinski definition) is 3. The Balaban J connectivity index is 2.54. The summed E-state index contributed by atoms with van der Waals surface area (Å²) in [6.45, 7) is 2.84. The van der Waals surface area contributed by atoms with Crippen molar-refractivity contribution in [3.05, 3.63) is 30.0 Å². The lowest BCUT2D eigenvalue weighted by Crippen LogP contribution is -2.01. The van der Waals surface area contributed by atoms with E-state index in [0.717, 1.165) is 10.9 Å². The third kappa shape index (κ3) is 1.82. The summed E-state index contributed by atoms with van der Waals surface area (Å²) < 4.78 is 4.96. The van der Waals surface area contributed by atoms with Crippen molar-refractivity contribution >= 4 is 22.7 Å². The number of aromatic nitrogens is 1. The second kappa shape index (κ2) is 3.81. The second-order valence-corrected chi connectivity index (χ2v) is 3.56. The van der Waals surface area contributed by atoms with Crippen LogP contribution in [0.2, 0.25) is 0 Å². The van der Waals surface area contributed by atoms with Gasteiger partial charge in [-0.25, -0.2) is 0 Å². The maximum absolute atomic E-state index is 11.3. The molecule has 4 nitrogen and oxygen atoms in total. The summed E-state index contributed by atoms with van der Waals surface area (Å²) in [4.78, 5) is 25.1. The lowest BCUT2D eigenvalue weighted by molar-refractivity contribution is -0.131. The molecule has 0 aliphatic rings. The average Bonchev–Trinajstić information content (AvgIpc) is 2.59. The second-order valence-electron chi connectivity index (χ2n) is 3.56. The summed E-state index contributed by atoms with van der Waals surface area (Å²) in [6, 6.07) is 5.15. The molecule has 0 aliphatic heterocycles. The van der Waals surface area contributed by atoms with Crippen LogP contribution in [0.25, 0.3) is 10.9 Å². The van der Waals surface area contributed by atoms with E-state index in [0.29, 0.717) is 11.3 Å². The fraction of sp³-hybridized carbons (Fsp3) is 0.167. The van der Waals surface area contributed by atoms with E-state index in [-0.39, 0.29) is 11.8 Å². The van der Waals surface area contributed by atoms with Crippen LogP contribution >= 0.6 is 0 Å². The Kier molecular flexibility index (Phi) is 2.48. The van der Waals surface area contributed by atoms with Crippen molar-refractivity contribution in [2.24, 2.45) is 0 Å². The lowest BCUT2D eigenvalue weighted by Gasteiger charge is -2.01. The Morgan fingerprint density at radius 3 is 2.62 bits per heavy atom. The molecule has 0 saturated carbocycles. The van der Waals surface area contributed by atoms with E-state index in [9.17, 15) is 9.59 Å². The minimum Gasteiger partial charge on any atom is -0.427 e. The largest absolute Gasteiger partial charge is 0.427 e. The molecule has 4 heteroatoms. The van der Waals surface area contributed by atoms with Gasteiger partial charge in [-0.3, -0.25) is 9.59 Å². The highest BCUT2D eigenvalue weighted by molar-refractivity contribution is 6.07. The lowest BCUT2D eigenvalue weighted by atomic mass is 10.1. The topological polar surface area (TPSA) is 59.2 Å². The van der Waals surface area contributed by atoms with Crippen molar-refractivity contribution in [3.63, 3.8) is 0 Å². The first kappa shape index (κ1) is 10.4. The molecule has 0 unspecified atom stereocenters. The monoisotopic (exact) mass is 217 g/mol. The van der Waals surface area contributed by atoms with E-state index in [1.807, 2.05) is 0 Å². The molecule has 0 bridgehead atoms. The predicted octanol–water partition coefficient (Wildman–Crippen LogP) is 2.30. The van der Waals surface area contributed by atoms with Crippen LogP contribution in [-0.2, 0) is 4.79 Å². The van der Waals surface area contributed by atoms with Crippen molar-refractivity contribution in [3.8, 4) is 5.75 Å². The molecule has 1 aromatic carbocycles. The number of esters is 1. The Bertz CT molecular complexity index is 569. The quantitative estimate of drug-likeness (QED) is 0.477. The maximum Gasteiger partial charge on any atom is 0.308 e. The van der Waals surface area contributed by atoms with Crippen LogP contribution in [0.5, 0.6) is 5.75 Å². The molecule has 1 N–H and O–H groups in total. The number of carbonyl (C=O) groups is 2. The van der Waals surface area contributed by atoms with Gasteiger partial charge in [0, 0.05) is 29.6 Å². The number of nitrogens with one attached hydrogen (secondary N) is 1. The Morgan fingerprint density at radius 2 is 2.00 bits per heavy atom. The number of ether oxygens (including phenoxy) is 1. The molecule has 1 heterocycles. The molecule has 0 fully saturated rings. The van der Waals surface area contributed by atoms with Gasteiger partial charge in [-0.1, -0.05) is 0 Å².